The predicted molar refractivity (Wildman–Crippen MR) is 98.1 cm³/mol. The number of anilines is 1. The molecule has 1 heterocycles. The Balaban J connectivity index is 1.71. The molecule has 0 spiro atoms. The van der Waals surface area contributed by atoms with Gasteiger partial charge < -0.3 is 9.47 Å². The maximum atomic E-state index is 12.4. The van der Waals surface area contributed by atoms with Crippen LogP contribution in [0.25, 0.3) is 0 Å². The van der Waals surface area contributed by atoms with Crippen LogP contribution in [0.2, 0.25) is 5.02 Å². The van der Waals surface area contributed by atoms with Gasteiger partial charge >= 0.3 is 0 Å². The highest BCUT2D eigenvalue weighted by atomic mass is 35.5. The van der Waals surface area contributed by atoms with Crippen molar-refractivity contribution >= 4 is 23.5 Å². The summed E-state index contributed by atoms with van der Waals surface area (Å²) >= 11 is 5.98. The van der Waals surface area contributed by atoms with Gasteiger partial charge in [-0.3, -0.25) is 10.1 Å². The molecule has 1 aromatic heterocycles. The molecule has 0 aliphatic rings. The highest BCUT2D eigenvalue weighted by molar-refractivity contribution is 6.30. The van der Waals surface area contributed by atoms with E-state index in [1.54, 1.807) is 35.3 Å². The molecule has 0 saturated carbocycles. The molecule has 134 valence electrons. The smallest absolute Gasteiger partial charge is 0.258 e. The lowest BCUT2D eigenvalue weighted by atomic mass is 10.2. The number of hydrogen-bond acceptors (Lipinski definition) is 5. The van der Waals surface area contributed by atoms with Gasteiger partial charge in [-0.05, 0) is 29.8 Å². The molecule has 1 amide bonds. The quantitative estimate of drug-likeness (QED) is 0.718. The molecule has 0 aliphatic heterocycles. The summed E-state index contributed by atoms with van der Waals surface area (Å²) < 4.78 is 12.0. The molecule has 2 aromatic carbocycles. The van der Waals surface area contributed by atoms with E-state index in [1.807, 2.05) is 18.2 Å². The molecule has 8 heteroatoms. The molecule has 0 bridgehead atoms. The summed E-state index contributed by atoms with van der Waals surface area (Å²) in [6, 6.07) is 12.4. The van der Waals surface area contributed by atoms with E-state index in [0.717, 1.165) is 5.56 Å². The van der Waals surface area contributed by atoms with Crippen molar-refractivity contribution in [1.29, 1.82) is 0 Å². The Labute approximate surface area is 155 Å². The minimum absolute atomic E-state index is 0.207. The molecule has 7 nitrogen and oxygen atoms in total. The van der Waals surface area contributed by atoms with Gasteiger partial charge in [-0.15, -0.1) is 5.10 Å². The maximum Gasteiger partial charge on any atom is 0.258 e. The minimum Gasteiger partial charge on any atom is -0.497 e. The van der Waals surface area contributed by atoms with Crippen LogP contribution in [0.1, 0.15) is 15.9 Å². The average Bonchev–Trinajstić information content (AvgIpc) is 3.07. The summed E-state index contributed by atoms with van der Waals surface area (Å²) in [5.41, 5.74) is 1.37. The van der Waals surface area contributed by atoms with Gasteiger partial charge in [0.15, 0.2) is 0 Å². The second kappa shape index (κ2) is 7.88. The summed E-state index contributed by atoms with van der Waals surface area (Å²) in [5, 5.41) is 7.57. The van der Waals surface area contributed by atoms with Crippen LogP contribution in [0.4, 0.5) is 5.95 Å². The summed E-state index contributed by atoms with van der Waals surface area (Å²) in [7, 11) is 3.05. The fourth-order valence-corrected chi connectivity index (χ4v) is 2.58. The van der Waals surface area contributed by atoms with E-state index in [9.17, 15) is 4.79 Å². The van der Waals surface area contributed by atoms with E-state index in [0.29, 0.717) is 28.6 Å². The fraction of sp³-hybridized carbons (Fsp3) is 0.167. The van der Waals surface area contributed by atoms with Crippen LogP contribution in [0.5, 0.6) is 11.5 Å². The Kier molecular flexibility index (Phi) is 5.38. The number of amides is 1. The van der Waals surface area contributed by atoms with Crippen molar-refractivity contribution in [3.63, 3.8) is 0 Å². The lowest BCUT2D eigenvalue weighted by molar-refractivity contribution is 0.102. The van der Waals surface area contributed by atoms with Gasteiger partial charge in [-0.1, -0.05) is 23.7 Å². The van der Waals surface area contributed by atoms with E-state index in [4.69, 9.17) is 21.1 Å². The Morgan fingerprint density at radius 3 is 2.54 bits per heavy atom. The zero-order valence-electron chi connectivity index (χ0n) is 14.3. The van der Waals surface area contributed by atoms with Gasteiger partial charge in [0.1, 0.15) is 17.8 Å². The number of methoxy groups -OCH3 is 2. The first kappa shape index (κ1) is 17.8. The van der Waals surface area contributed by atoms with E-state index < -0.39 is 0 Å². The minimum atomic E-state index is -0.359. The number of carbonyl (C=O) groups excluding carboxylic acids is 1. The Morgan fingerprint density at radius 1 is 1.15 bits per heavy atom. The first-order valence-electron chi connectivity index (χ1n) is 7.75. The molecule has 3 aromatic rings. The summed E-state index contributed by atoms with van der Waals surface area (Å²) in [4.78, 5) is 16.5. The largest absolute Gasteiger partial charge is 0.497 e. The van der Waals surface area contributed by atoms with E-state index >= 15 is 0 Å². The van der Waals surface area contributed by atoms with Crippen molar-refractivity contribution in [2.75, 3.05) is 19.5 Å². The lowest BCUT2D eigenvalue weighted by Gasteiger charge is -2.07. The molecule has 3 rings (SSSR count). The van der Waals surface area contributed by atoms with Crippen LogP contribution in [0, 0.1) is 0 Å². The van der Waals surface area contributed by atoms with Crippen LogP contribution < -0.4 is 14.8 Å². The molecule has 0 unspecified atom stereocenters. The monoisotopic (exact) mass is 372 g/mol. The highest BCUT2D eigenvalue weighted by Gasteiger charge is 2.12. The van der Waals surface area contributed by atoms with E-state index in [1.165, 1.54) is 14.2 Å². The molecule has 26 heavy (non-hydrogen) atoms. The number of hydrogen-bond donors (Lipinski definition) is 1. The third-order valence-electron chi connectivity index (χ3n) is 3.61. The van der Waals surface area contributed by atoms with E-state index in [2.05, 4.69) is 15.4 Å². The zero-order chi connectivity index (χ0) is 18.5. The topological polar surface area (TPSA) is 78.3 Å². The first-order chi connectivity index (χ1) is 12.6. The highest BCUT2D eigenvalue weighted by Crippen LogP contribution is 2.23. The van der Waals surface area contributed by atoms with Crippen molar-refractivity contribution in [2.24, 2.45) is 0 Å². The average molecular weight is 373 g/mol. The number of nitrogens with one attached hydrogen (secondary N) is 1. The number of rotatable bonds is 6. The maximum absolute atomic E-state index is 12.4. The lowest BCUT2D eigenvalue weighted by Crippen LogP contribution is -2.14. The van der Waals surface area contributed by atoms with Gasteiger partial charge in [0.25, 0.3) is 5.91 Å². The Morgan fingerprint density at radius 2 is 1.88 bits per heavy atom. The molecule has 0 aliphatic carbocycles. The number of aromatic nitrogens is 3. The Bertz CT molecular complexity index is 904. The number of carbonyl (C=O) groups is 1. The number of nitrogens with zero attached hydrogens (tertiary/aromatic N) is 3. The van der Waals surface area contributed by atoms with Gasteiger partial charge in [-0.25, -0.2) is 9.67 Å². The summed E-state index contributed by atoms with van der Waals surface area (Å²) in [5.74, 6) is 0.893. The number of halogens is 1. The molecule has 1 N–H and O–H groups in total. The van der Waals surface area contributed by atoms with Crippen molar-refractivity contribution < 1.29 is 14.3 Å². The summed E-state index contributed by atoms with van der Waals surface area (Å²) in [6.45, 7) is 0.496. The predicted octanol–water partition coefficient (Wildman–Crippen LogP) is 3.25. The standard InChI is InChI=1S/C18H17ClN4O3/c1-25-15-7-13(8-16(9-15)26-2)17(24)21-18-20-11-23(22-18)10-12-4-3-5-14(19)6-12/h3-9,11H,10H2,1-2H3,(H,21,22,24). The third-order valence-corrected chi connectivity index (χ3v) is 3.84. The van der Waals surface area contributed by atoms with Crippen molar-refractivity contribution in [3.05, 3.63) is 64.9 Å². The van der Waals surface area contributed by atoms with Crippen LogP contribution in [-0.2, 0) is 6.54 Å². The van der Waals surface area contributed by atoms with Crippen molar-refractivity contribution in [2.45, 2.75) is 6.54 Å². The fourth-order valence-electron chi connectivity index (χ4n) is 2.36. The van der Waals surface area contributed by atoms with E-state index in [-0.39, 0.29) is 11.9 Å². The van der Waals surface area contributed by atoms with Gasteiger partial charge in [0.2, 0.25) is 5.95 Å². The van der Waals surface area contributed by atoms with Gasteiger partial charge in [0, 0.05) is 16.7 Å². The molecular formula is C18H17ClN4O3. The molecular weight excluding hydrogens is 356 g/mol. The zero-order valence-corrected chi connectivity index (χ0v) is 15.0. The van der Waals surface area contributed by atoms with Gasteiger partial charge in [0.05, 0.1) is 20.8 Å². The van der Waals surface area contributed by atoms with Crippen LogP contribution in [-0.4, -0.2) is 34.9 Å². The van der Waals surface area contributed by atoms with Crippen LogP contribution >= 0.6 is 11.6 Å². The van der Waals surface area contributed by atoms with Crippen LogP contribution in [0.3, 0.4) is 0 Å². The number of ether oxygens (including phenoxy) is 2. The SMILES string of the molecule is COc1cc(OC)cc(C(=O)Nc2ncn(Cc3cccc(Cl)c3)n2)c1. The third kappa shape index (κ3) is 4.31. The first-order valence-corrected chi connectivity index (χ1v) is 8.13. The number of benzene rings is 2. The normalized spacial score (nSPS) is 10.4. The molecule has 0 fully saturated rings. The van der Waals surface area contributed by atoms with Crippen LogP contribution in [0.15, 0.2) is 48.8 Å². The summed E-state index contributed by atoms with van der Waals surface area (Å²) in [6.07, 6.45) is 1.54. The second-order valence-corrected chi connectivity index (χ2v) is 5.89. The molecule has 0 radical (unpaired) electrons. The molecule has 0 saturated heterocycles. The Hall–Kier alpha value is -3.06. The van der Waals surface area contributed by atoms with Crippen molar-refractivity contribution in [3.8, 4) is 11.5 Å². The molecule has 0 atom stereocenters. The van der Waals surface area contributed by atoms with Crippen molar-refractivity contribution in [1.82, 2.24) is 14.8 Å². The van der Waals surface area contributed by atoms with Gasteiger partial charge in [-0.2, -0.15) is 0 Å². The second-order valence-electron chi connectivity index (χ2n) is 5.45.